The standard InChI is InChI=1S/C32H27N3O4S2/c1-38-25-15-11-21(12-16-25)28-20-40-32(34-28)35-31(37)29(22-7-4-3-5-8-22)41-27-10-6-9-24(19-27)33-30(36)23-13-17-26(39-2)18-14-23/h3-20,29H,1-2H3,(H,33,36)(H,34,35,37). The largest absolute Gasteiger partial charge is 0.497 e. The van der Waals surface area contributed by atoms with Crippen LogP contribution in [0, 0.1) is 0 Å². The summed E-state index contributed by atoms with van der Waals surface area (Å²) in [5.41, 5.74) is 3.71. The first-order valence-corrected chi connectivity index (χ1v) is 14.5. The van der Waals surface area contributed by atoms with E-state index in [1.165, 1.54) is 23.1 Å². The van der Waals surface area contributed by atoms with E-state index in [1.54, 1.807) is 38.5 Å². The van der Waals surface area contributed by atoms with Crippen LogP contribution in [0.25, 0.3) is 11.3 Å². The maximum absolute atomic E-state index is 13.6. The number of nitrogens with zero attached hydrogens (tertiary/aromatic N) is 1. The summed E-state index contributed by atoms with van der Waals surface area (Å²) in [4.78, 5) is 31.8. The van der Waals surface area contributed by atoms with Crippen molar-refractivity contribution in [2.45, 2.75) is 10.1 Å². The second-order valence-corrected chi connectivity index (χ2v) is 10.9. The molecule has 5 aromatic rings. The van der Waals surface area contributed by atoms with Crippen LogP contribution in [0.4, 0.5) is 10.8 Å². The Kier molecular flexibility index (Phi) is 8.98. The van der Waals surface area contributed by atoms with E-state index in [0.717, 1.165) is 27.5 Å². The van der Waals surface area contributed by atoms with Gasteiger partial charge < -0.3 is 20.1 Å². The number of aromatic nitrogens is 1. The van der Waals surface area contributed by atoms with Crippen LogP contribution in [-0.4, -0.2) is 31.0 Å². The van der Waals surface area contributed by atoms with E-state index in [1.807, 2.05) is 84.2 Å². The van der Waals surface area contributed by atoms with Gasteiger partial charge in [0.1, 0.15) is 16.7 Å². The highest BCUT2D eigenvalue weighted by molar-refractivity contribution is 8.00. The van der Waals surface area contributed by atoms with Gasteiger partial charge in [0, 0.05) is 27.1 Å². The lowest BCUT2D eigenvalue weighted by atomic mass is 10.1. The van der Waals surface area contributed by atoms with Crippen LogP contribution in [0.1, 0.15) is 21.2 Å². The quantitative estimate of drug-likeness (QED) is 0.166. The summed E-state index contributed by atoms with van der Waals surface area (Å²) in [6.07, 6.45) is 0. The third-order valence-corrected chi connectivity index (χ3v) is 8.16. The number of amides is 2. The van der Waals surface area contributed by atoms with Gasteiger partial charge in [-0.1, -0.05) is 36.4 Å². The fourth-order valence-electron chi connectivity index (χ4n) is 4.03. The van der Waals surface area contributed by atoms with Gasteiger partial charge in [-0.2, -0.15) is 0 Å². The van der Waals surface area contributed by atoms with Crippen molar-refractivity contribution in [1.29, 1.82) is 0 Å². The Balaban J connectivity index is 1.31. The summed E-state index contributed by atoms with van der Waals surface area (Å²) >= 11 is 2.77. The van der Waals surface area contributed by atoms with Crippen molar-refractivity contribution in [3.63, 3.8) is 0 Å². The van der Waals surface area contributed by atoms with Gasteiger partial charge in [-0.3, -0.25) is 9.59 Å². The van der Waals surface area contributed by atoms with Gasteiger partial charge in [0.25, 0.3) is 5.91 Å². The molecule has 0 bridgehead atoms. The molecule has 2 N–H and O–H groups in total. The zero-order valence-corrected chi connectivity index (χ0v) is 24.0. The number of thioether (sulfide) groups is 1. The van der Waals surface area contributed by atoms with E-state index in [4.69, 9.17) is 9.47 Å². The monoisotopic (exact) mass is 581 g/mol. The lowest BCUT2D eigenvalue weighted by molar-refractivity contribution is -0.115. The minimum Gasteiger partial charge on any atom is -0.497 e. The Morgan fingerprint density at radius 1 is 0.805 bits per heavy atom. The Hall–Kier alpha value is -4.60. The van der Waals surface area contributed by atoms with Crippen LogP contribution < -0.4 is 20.1 Å². The minimum absolute atomic E-state index is 0.190. The highest BCUT2D eigenvalue weighted by Crippen LogP contribution is 2.38. The molecule has 1 atom stereocenters. The molecular weight excluding hydrogens is 555 g/mol. The van der Waals surface area contributed by atoms with Crippen molar-refractivity contribution in [3.8, 4) is 22.8 Å². The van der Waals surface area contributed by atoms with Gasteiger partial charge in [-0.05, 0) is 72.3 Å². The van der Waals surface area contributed by atoms with Crippen molar-refractivity contribution in [2.24, 2.45) is 0 Å². The van der Waals surface area contributed by atoms with Crippen LogP contribution in [0.5, 0.6) is 11.5 Å². The molecule has 0 aliphatic carbocycles. The van der Waals surface area contributed by atoms with Gasteiger partial charge in [0.15, 0.2) is 5.13 Å². The lowest BCUT2D eigenvalue weighted by Crippen LogP contribution is -2.19. The first kappa shape index (κ1) is 27.9. The van der Waals surface area contributed by atoms with E-state index < -0.39 is 5.25 Å². The molecule has 1 unspecified atom stereocenters. The number of carbonyl (C=O) groups excluding carboxylic acids is 2. The summed E-state index contributed by atoms with van der Waals surface area (Å²) in [5, 5.41) is 7.81. The molecule has 5 rings (SSSR count). The summed E-state index contributed by atoms with van der Waals surface area (Å²) in [7, 11) is 3.21. The van der Waals surface area contributed by atoms with Gasteiger partial charge in [-0.25, -0.2) is 4.98 Å². The molecule has 0 aliphatic rings. The average molecular weight is 582 g/mol. The maximum atomic E-state index is 13.6. The van der Waals surface area contributed by atoms with Gasteiger partial charge in [0.2, 0.25) is 5.91 Å². The molecular formula is C32H27N3O4S2. The fourth-order valence-corrected chi connectivity index (χ4v) is 5.83. The first-order valence-electron chi connectivity index (χ1n) is 12.7. The number of ether oxygens (including phenoxy) is 2. The summed E-state index contributed by atoms with van der Waals surface area (Å²) in [6, 6.07) is 31.6. The summed E-state index contributed by atoms with van der Waals surface area (Å²) in [5.74, 6) is 1.03. The molecule has 1 heterocycles. The van der Waals surface area contributed by atoms with Crippen LogP contribution in [0.3, 0.4) is 0 Å². The first-order chi connectivity index (χ1) is 20.0. The Labute approximate surface area is 246 Å². The number of carbonyl (C=O) groups is 2. The normalized spacial score (nSPS) is 11.4. The van der Waals surface area contributed by atoms with Gasteiger partial charge >= 0.3 is 0 Å². The Morgan fingerprint density at radius 2 is 1.49 bits per heavy atom. The number of methoxy groups -OCH3 is 2. The molecule has 4 aromatic carbocycles. The van der Waals surface area contributed by atoms with Crippen molar-refractivity contribution >= 4 is 45.7 Å². The number of hydrogen-bond acceptors (Lipinski definition) is 7. The molecule has 206 valence electrons. The maximum Gasteiger partial charge on any atom is 0.255 e. The van der Waals surface area contributed by atoms with Crippen molar-refractivity contribution in [2.75, 3.05) is 24.9 Å². The van der Waals surface area contributed by atoms with Gasteiger partial charge in [0.05, 0.1) is 19.9 Å². The molecule has 0 saturated carbocycles. The third kappa shape index (κ3) is 7.13. The molecule has 0 spiro atoms. The third-order valence-electron chi connectivity index (χ3n) is 6.16. The zero-order valence-electron chi connectivity index (χ0n) is 22.4. The molecule has 0 radical (unpaired) electrons. The summed E-state index contributed by atoms with van der Waals surface area (Å²) in [6.45, 7) is 0. The smallest absolute Gasteiger partial charge is 0.255 e. The minimum atomic E-state index is -0.544. The number of hydrogen-bond donors (Lipinski definition) is 2. The number of anilines is 2. The highest BCUT2D eigenvalue weighted by Gasteiger charge is 2.23. The van der Waals surface area contributed by atoms with E-state index in [2.05, 4.69) is 15.6 Å². The molecule has 7 nitrogen and oxygen atoms in total. The van der Waals surface area contributed by atoms with E-state index in [9.17, 15) is 9.59 Å². The fraction of sp³-hybridized carbons (Fsp3) is 0.0938. The van der Waals surface area contributed by atoms with Crippen LogP contribution >= 0.6 is 23.1 Å². The molecule has 1 aromatic heterocycles. The van der Waals surface area contributed by atoms with E-state index in [0.29, 0.717) is 22.1 Å². The van der Waals surface area contributed by atoms with Crippen molar-refractivity contribution in [1.82, 2.24) is 4.98 Å². The van der Waals surface area contributed by atoms with E-state index >= 15 is 0 Å². The Morgan fingerprint density at radius 3 is 2.17 bits per heavy atom. The number of nitrogens with one attached hydrogen (secondary N) is 2. The predicted molar refractivity (Wildman–Crippen MR) is 165 cm³/mol. The van der Waals surface area contributed by atoms with Crippen LogP contribution in [0.15, 0.2) is 113 Å². The molecule has 0 aliphatic heterocycles. The van der Waals surface area contributed by atoms with Crippen LogP contribution in [-0.2, 0) is 4.79 Å². The molecule has 0 saturated heterocycles. The van der Waals surface area contributed by atoms with Crippen LogP contribution in [0.2, 0.25) is 0 Å². The lowest BCUT2D eigenvalue weighted by Gasteiger charge is -2.17. The van der Waals surface area contributed by atoms with E-state index in [-0.39, 0.29) is 11.8 Å². The zero-order chi connectivity index (χ0) is 28.6. The second kappa shape index (κ2) is 13.2. The predicted octanol–water partition coefficient (Wildman–Crippen LogP) is 7.55. The average Bonchev–Trinajstić information content (AvgIpc) is 3.49. The highest BCUT2D eigenvalue weighted by atomic mass is 32.2. The topological polar surface area (TPSA) is 89.5 Å². The summed E-state index contributed by atoms with van der Waals surface area (Å²) < 4.78 is 10.4. The number of rotatable bonds is 10. The number of benzene rings is 4. The molecule has 9 heteroatoms. The molecule has 41 heavy (non-hydrogen) atoms. The van der Waals surface area contributed by atoms with Crippen molar-refractivity contribution in [3.05, 3.63) is 120 Å². The SMILES string of the molecule is COc1ccc(C(=O)Nc2cccc(SC(C(=O)Nc3nc(-c4ccc(OC)cc4)cs3)c3ccccc3)c2)cc1. The van der Waals surface area contributed by atoms with Gasteiger partial charge in [-0.15, -0.1) is 23.1 Å². The molecule has 2 amide bonds. The Bertz CT molecular complexity index is 1620. The molecule has 0 fully saturated rings. The van der Waals surface area contributed by atoms with Crippen molar-refractivity contribution < 1.29 is 19.1 Å². The second-order valence-electron chi connectivity index (χ2n) is 8.87. The number of thiazole rings is 1.